The van der Waals surface area contributed by atoms with Crippen LogP contribution in [0.15, 0.2) is 0 Å². The van der Waals surface area contributed by atoms with Crippen molar-refractivity contribution < 1.29 is 5.11 Å². The Morgan fingerprint density at radius 3 is 2.06 bits per heavy atom. The minimum absolute atomic E-state index is 0.0990. The van der Waals surface area contributed by atoms with Crippen LogP contribution in [0.25, 0.3) is 0 Å². The summed E-state index contributed by atoms with van der Waals surface area (Å²) in [5.74, 6) is 2.70. The third-order valence-electron chi connectivity index (χ3n) is 4.93. The summed E-state index contributed by atoms with van der Waals surface area (Å²) in [4.78, 5) is 0. The van der Waals surface area contributed by atoms with Crippen molar-refractivity contribution in [2.45, 2.75) is 69.9 Å². The maximum atomic E-state index is 10.1. The first-order valence-corrected chi connectivity index (χ1v) is 7.74. The second kappa shape index (κ2) is 5.27. The fourth-order valence-corrected chi connectivity index (χ4v) is 3.62. The van der Waals surface area contributed by atoms with Crippen molar-refractivity contribution in [2.24, 2.45) is 17.8 Å². The van der Waals surface area contributed by atoms with Gasteiger partial charge in [-0.05, 0) is 49.9 Å². The number of nitrogens with one attached hydrogen (secondary N) is 1. The molecular formula is C15H27NO. The molecule has 0 radical (unpaired) electrons. The topological polar surface area (TPSA) is 32.3 Å². The minimum Gasteiger partial charge on any atom is -0.392 e. The van der Waals surface area contributed by atoms with E-state index in [1.165, 1.54) is 51.4 Å². The molecule has 1 atom stereocenters. The standard InChI is InChI=1S/C15H27NO/c17-14(9-11-3-1-2-4-11)10-16-15(12-5-6-12)13-7-8-13/h11-17H,1-10H2. The monoisotopic (exact) mass is 237 g/mol. The molecule has 0 aromatic rings. The van der Waals surface area contributed by atoms with E-state index < -0.39 is 0 Å². The van der Waals surface area contributed by atoms with Crippen LogP contribution in [-0.4, -0.2) is 23.8 Å². The molecule has 98 valence electrons. The van der Waals surface area contributed by atoms with E-state index in [0.717, 1.165) is 36.8 Å². The summed E-state index contributed by atoms with van der Waals surface area (Å²) in [5.41, 5.74) is 0. The molecule has 0 aromatic carbocycles. The highest BCUT2D eigenvalue weighted by Crippen LogP contribution is 2.44. The van der Waals surface area contributed by atoms with Gasteiger partial charge in [0.2, 0.25) is 0 Å². The van der Waals surface area contributed by atoms with E-state index in [-0.39, 0.29) is 6.10 Å². The smallest absolute Gasteiger partial charge is 0.0667 e. The Morgan fingerprint density at radius 1 is 0.941 bits per heavy atom. The Balaban J connectivity index is 1.36. The van der Waals surface area contributed by atoms with Crippen LogP contribution >= 0.6 is 0 Å². The fraction of sp³-hybridized carbons (Fsp3) is 1.00. The van der Waals surface area contributed by atoms with Crippen molar-refractivity contribution in [3.8, 4) is 0 Å². The van der Waals surface area contributed by atoms with Gasteiger partial charge in [0.25, 0.3) is 0 Å². The van der Waals surface area contributed by atoms with Gasteiger partial charge in [0.1, 0.15) is 0 Å². The van der Waals surface area contributed by atoms with E-state index in [1.807, 2.05) is 0 Å². The Hall–Kier alpha value is -0.0800. The summed E-state index contributed by atoms with van der Waals surface area (Å²) >= 11 is 0. The molecule has 2 N–H and O–H groups in total. The second-order valence-corrected chi connectivity index (χ2v) is 6.65. The number of rotatable bonds is 7. The van der Waals surface area contributed by atoms with Crippen LogP contribution in [0.3, 0.4) is 0 Å². The summed E-state index contributed by atoms with van der Waals surface area (Å²) in [6, 6.07) is 0.744. The van der Waals surface area contributed by atoms with Gasteiger partial charge in [-0.1, -0.05) is 25.7 Å². The van der Waals surface area contributed by atoms with Crippen molar-refractivity contribution in [1.29, 1.82) is 0 Å². The highest BCUT2D eigenvalue weighted by atomic mass is 16.3. The lowest BCUT2D eigenvalue weighted by atomic mass is 9.99. The third kappa shape index (κ3) is 3.45. The summed E-state index contributed by atoms with van der Waals surface area (Å²) < 4.78 is 0. The van der Waals surface area contributed by atoms with E-state index in [9.17, 15) is 5.11 Å². The van der Waals surface area contributed by atoms with Gasteiger partial charge in [-0.25, -0.2) is 0 Å². The van der Waals surface area contributed by atoms with Crippen LogP contribution in [0.1, 0.15) is 57.8 Å². The molecule has 0 bridgehead atoms. The molecule has 0 aromatic heterocycles. The van der Waals surface area contributed by atoms with Crippen LogP contribution in [0, 0.1) is 17.8 Å². The van der Waals surface area contributed by atoms with Crippen LogP contribution in [-0.2, 0) is 0 Å². The molecule has 17 heavy (non-hydrogen) atoms. The third-order valence-corrected chi connectivity index (χ3v) is 4.93. The van der Waals surface area contributed by atoms with Gasteiger partial charge in [0, 0.05) is 12.6 Å². The molecule has 3 aliphatic carbocycles. The van der Waals surface area contributed by atoms with Crippen LogP contribution < -0.4 is 5.32 Å². The predicted molar refractivity (Wildman–Crippen MR) is 69.8 cm³/mol. The van der Waals surface area contributed by atoms with Crippen molar-refractivity contribution in [3.05, 3.63) is 0 Å². The first-order chi connectivity index (χ1) is 8.33. The Labute approximate surface area is 105 Å². The zero-order valence-electron chi connectivity index (χ0n) is 10.9. The first-order valence-electron chi connectivity index (χ1n) is 7.74. The molecular weight excluding hydrogens is 210 g/mol. The Morgan fingerprint density at radius 2 is 1.53 bits per heavy atom. The van der Waals surface area contributed by atoms with Gasteiger partial charge < -0.3 is 10.4 Å². The molecule has 0 amide bonds. The maximum absolute atomic E-state index is 10.1. The van der Waals surface area contributed by atoms with Gasteiger partial charge in [0.05, 0.1) is 6.10 Å². The van der Waals surface area contributed by atoms with E-state index in [2.05, 4.69) is 5.32 Å². The largest absolute Gasteiger partial charge is 0.392 e. The first kappa shape index (κ1) is 12.0. The number of aliphatic hydroxyl groups is 1. The van der Waals surface area contributed by atoms with E-state index >= 15 is 0 Å². The lowest BCUT2D eigenvalue weighted by Crippen LogP contribution is -2.39. The number of hydrogen-bond donors (Lipinski definition) is 2. The average molecular weight is 237 g/mol. The van der Waals surface area contributed by atoms with Gasteiger partial charge >= 0.3 is 0 Å². The highest BCUT2D eigenvalue weighted by molar-refractivity contribution is 4.96. The average Bonchev–Trinajstić information content (AvgIpc) is 3.22. The zero-order chi connectivity index (χ0) is 11.7. The van der Waals surface area contributed by atoms with Crippen molar-refractivity contribution in [2.75, 3.05) is 6.54 Å². The van der Waals surface area contributed by atoms with Gasteiger partial charge in [0.15, 0.2) is 0 Å². The molecule has 0 heterocycles. The molecule has 0 aliphatic heterocycles. The Kier molecular flexibility index (Phi) is 3.72. The zero-order valence-corrected chi connectivity index (χ0v) is 10.9. The lowest BCUT2D eigenvalue weighted by molar-refractivity contribution is 0.134. The van der Waals surface area contributed by atoms with Gasteiger partial charge in [-0.3, -0.25) is 0 Å². The molecule has 0 spiro atoms. The summed E-state index contributed by atoms with van der Waals surface area (Å²) in [7, 11) is 0. The second-order valence-electron chi connectivity index (χ2n) is 6.65. The molecule has 2 nitrogen and oxygen atoms in total. The molecule has 3 aliphatic rings. The normalized spacial score (nSPS) is 27.9. The van der Waals surface area contributed by atoms with Crippen LogP contribution in [0.4, 0.5) is 0 Å². The van der Waals surface area contributed by atoms with E-state index in [4.69, 9.17) is 0 Å². The van der Waals surface area contributed by atoms with E-state index in [1.54, 1.807) is 0 Å². The fourth-order valence-electron chi connectivity index (χ4n) is 3.62. The van der Waals surface area contributed by atoms with Crippen molar-refractivity contribution >= 4 is 0 Å². The lowest BCUT2D eigenvalue weighted by Gasteiger charge is -2.21. The molecule has 3 saturated carbocycles. The Bertz CT molecular complexity index is 229. The van der Waals surface area contributed by atoms with Crippen molar-refractivity contribution in [3.63, 3.8) is 0 Å². The number of aliphatic hydroxyl groups excluding tert-OH is 1. The molecule has 0 saturated heterocycles. The maximum Gasteiger partial charge on any atom is 0.0667 e. The van der Waals surface area contributed by atoms with E-state index in [0.29, 0.717) is 0 Å². The van der Waals surface area contributed by atoms with Crippen LogP contribution in [0.2, 0.25) is 0 Å². The van der Waals surface area contributed by atoms with Gasteiger partial charge in [-0.15, -0.1) is 0 Å². The summed E-state index contributed by atoms with van der Waals surface area (Å²) in [6.07, 6.45) is 12.1. The summed E-state index contributed by atoms with van der Waals surface area (Å²) in [6.45, 7) is 0.841. The van der Waals surface area contributed by atoms with Crippen LogP contribution in [0.5, 0.6) is 0 Å². The van der Waals surface area contributed by atoms with Crippen molar-refractivity contribution in [1.82, 2.24) is 5.32 Å². The molecule has 3 rings (SSSR count). The minimum atomic E-state index is -0.0990. The number of hydrogen-bond acceptors (Lipinski definition) is 2. The predicted octanol–water partition coefficient (Wildman–Crippen LogP) is 2.71. The molecule has 2 heteroatoms. The molecule has 3 fully saturated rings. The summed E-state index contributed by atoms with van der Waals surface area (Å²) in [5, 5.41) is 13.8. The molecule has 1 unspecified atom stereocenters. The SMILES string of the molecule is OC(CNC(C1CC1)C1CC1)CC1CCCC1. The quantitative estimate of drug-likeness (QED) is 0.713. The van der Waals surface area contributed by atoms with Gasteiger partial charge in [-0.2, -0.15) is 0 Å². The highest BCUT2D eigenvalue weighted by Gasteiger charge is 2.41.